The Labute approximate surface area is 446 Å². The minimum atomic E-state index is -1.67. The maximum Gasteiger partial charge on any atom is 4.00 e. The molecule has 0 aromatic rings. The Kier molecular flexibility index (Phi) is 55.1. The number of carboxylic acids is 4. The number of aliphatic hydroxyl groups excluding tert-OH is 2. The van der Waals surface area contributed by atoms with Gasteiger partial charge in [-0.05, 0) is 64.2 Å². The van der Waals surface area contributed by atoms with E-state index in [4.69, 9.17) is 19.7 Å². The number of carbonyl (C=O) groups is 4. The van der Waals surface area contributed by atoms with Crippen LogP contribution in [-0.2, 0) is 50.4 Å². The number of aliphatic hydroxyl groups is 4. The molecule has 416 valence electrons. The van der Waals surface area contributed by atoms with Crippen LogP contribution in [0.5, 0.6) is 0 Å². The maximum absolute atomic E-state index is 11.4. The summed E-state index contributed by atoms with van der Waals surface area (Å²) in [7, 11) is 0. The van der Waals surface area contributed by atoms with E-state index in [1.54, 1.807) is 0 Å². The molecule has 0 rings (SSSR count). The van der Waals surface area contributed by atoms with E-state index in [-0.39, 0.29) is 47.4 Å². The molecule has 0 aliphatic rings. The molecule has 0 heterocycles. The Morgan fingerprint density at radius 1 is 0.352 bits per heavy atom. The monoisotopic (exact) mass is 1050 g/mol. The SMILES string of the molecule is CCCCCCCCC(O)(CCCCCCCCOCCCCCCCCC(O)C(=O)[O-])C(=O)[O-].CCCCCCCCC(O)(CCCCCCCCOCCCCCCCCC(O)C(=O)[O-])C(=O)[O-].[Ti+4]. The third-order valence-corrected chi connectivity index (χ3v) is 13.5. The molecule has 0 saturated carbocycles. The van der Waals surface area contributed by atoms with E-state index in [2.05, 4.69) is 13.8 Å². The summed E-state index contributed by atoms with van der Waals surface area (Å²) in [6, 6.07) is 0. The second-order valence-corrected chi connectivity index (χ2v) is 20.1. The van der Waals surface area contributed by atoms with Crippen molar-refractivity contribution in [1.29, 1.82) is 0 Å². The smallest absolute Gasteiger partial charge is 0.547 e. The predicted molar refractivity (Wildman–Crippen MR) is 269 cm³/mol. The number of carbonyl (C=O) groups excluding carboxylic acids is 4. The van der Waals surface area contributed by atoms with Crippen molar-refractivity contribution in [3.8, 4) is 0 Å². The van der Waals surface area contributed by atoms with Crippen LogP contribution in [0, 0.1) is 0 Å². The Balaban J connectivity index is -0.00000128. The Morgan fingerprint density at radius 2 is 0.549 bits per heavy atom. The van der Waals surface area contributed by atoms with Gasteiger partial charge in [0.25, 0.3) is 0 Å². The van der Waals surface area contributed by atoms with E-state index in [0.717, 1.165) is 193 Å². The molecule has 0 spiro atoms. The molecular weight excluding hydrogens is 944 g/mol. The molecule has 0 amide bonds. The van der Waals surface area contributed by atoms with Crippen molar-refractivity contribution < 1.29 is 91.2 Å². The van der Waals surface area contributed by atoms with E-state index in [0.29, 0.717) is 38.5 Å². The zero-order valence-electron chi connectivity index (χ0n) is 45.1. The fourth-order valence-corrected chi connectivity index (χ4v) is 8.65. The zero-order valence-corrected chi connectivity index (χ0v) is 46.6. The minimum Gasteiger partial charge on any atom is -0.547 e. The van der Waals surface area contributed by atoms with Gasteiger partial charge in [0.15, 0.2) is 0 Å². The first-order valence-corrected chi connectivity index (χ1v) is 28.5. The van der Waals surface area contributed by atoms with Crippen LogP contribution in [-0.4, -0.2) is 94.1 Å². The van der Waals surface area contributed by atoms with Crippen LogP contribution in [0.25, 0.3) is 0 Å². The Morgan fingerprint density at radius 3 is 0.761 bits per heavy atom. The summed E-state index contributed by atoms with van der Waals surface area (Å²) < 4.78 is 11.4. The van der Waals surface area contributed by atoms with E-state index in [9.17, 15) is 49.8 Å². The number of hydrogen-bond donors (Lipinski definition) is 4. The molecule has 0 aromatic carbocycles. The third-order valence-electron chi connectivity index (χ3n) is 13.5. The fraction of sp³-hybridized carbons (Fsp3) is 0.929. The number of rotatable bonds is 54. The van der Waals surface area contributed by atoms with Gasteiger partial charge >= 0.3 is 21.7 Å². The molecule has 14 nitrogen and oxygen atoms in total. The van der Waals surface area contributed by atoms with Gasteiger partial charge < -0.3 is 69.5 Å². The third kappa shape index (κ3) is 49.0. The van der Waals surface area contributed by atoms with Crippen molar-refractivity contribution in [2.45, 2.75) is 307 Å². The van der Waals surface area contributed by atoms with Gasteiger partial charge in [-0.2, -0.15) is 0 Å². The molecule has 0 saturated heterocycles. The second kappa shape index (κ2) is 53.2. The Hall–Kier alpha value is -1.65. The molecule has 71 heavy (non-hydrogen) atoms. The van der Waals surface area contributed by atoms with Crippen molar-refractivity contribution >= 4 is 23.9 Å². The molecule has 4 N–H and O–H groups in total. The van der Waals surface area contributed by atoms with Crippen molar-refractivity contribution in [3.05, 3.63) is 0 Å². The number of hydrogen-bond acceptors (Lipinski definition) is 14. The number of ether oxygens (including phenoxy) is 2. The first-order chi connectivity index (χ1) is 33.7. The standard InChI is InChI=1S/2C28H54O7.Ti/c2*1-2-3-4-5-11-16-21-28(34,27(32)33)22-17-12-7-9-14-19-24-35-23-18-13-8-6-10-15-20-25(29)26(30)31;/h2*25,29,34H,2-24H2,1H3,(H,30,31)(H,32,33);/q;;+4/p-4. The van der Waals surface area contributed by atoms with Crippen LogP contribution >= 0.6 is 0 Å². The van der Waals surface area contributed by atoms with Gasteiger partial charge in [-0.1, -0.05) is 219 Å². The summed E-state index contributed by atoms with van der Waals surface area (Å²) in [6.07, 6.45) is 35.4. The normalized spacial score (nSPS) is 13.8. The van der Waals surface area contributed by atoms with Crippen LogP contribution in [0.2, 0.25) is 0 Å². The fourth-order valence-electron chi connectivity index (χ4n) is 8.65. The van der Waals surface area contributed by atoms with Gasteiger partial charge in [-0.25, -0.2) is 0 Å². The molecule has 0 radical (unpaired) electrons. The summed E-state index contributed by atoms with van der Waals surface area (Å²) in [5, 5.41) is 82.8. The molecular formula is C56H104O14Ti. The van der Waals surface area contributed by atoms with Crippen LogP contribution in [0.15, 0.2) is 0 Å². The maximum atomic E-state index is 11.4. The second-order valence-electron chi connectivity index (χ2n) is 20.1. The average molecular weight is 1050 g/mol. The molecule has 15 heteroatoms. The molecule has 4 atom stereocenters. The number of carboxylic acid groups (broad SMARTS) is 4. The van der Waals surface area contributed by atoms with Crippen LogP contribution in [0.1, 0.15) is 284 Å². The van der Waals surface area contributed by atoms with E-state index >= 15 is 0 Å². The zero-order chi connectivity index (χ0) is 52.4. The van der Waals surface area contributed by atoms with Crippen LogP contribution in [0.4, 0.5) is 0 Å². The summed E-state index contributed by atoms with van der Waals surface area (Å²) in [6.45, 7) is 7.40. The summed E-state index contributed by atoms with van der Waals surface area (Å²) >= 11 is 0. The van der Waals surface area contributed by atoms with Crippen molar-refractivity contribution in [2.75, 3.05) is 26.4 Å². The van der Waals surface area contributed by atoms with Crippen molar-refractivity contribution in [2.24, 2.45) is 0 Å². The minimum absolute atomic E-state index is 0. The first kappa shape index (κ1) is 73.6. The molecule has 0 bridgehead atoms. The molecule has 4 unspecified atom stereocenters. The average Bonchev–Trinajstić information content (AvgIpc) is 3.33. The summed E-state index contributed by atoms with van der Waals surface area (Å²) in [4.78, 5) is 43.6. The molecule has 0 aromatic heterocycles. The quantitative estimate of drug-likeness (QED) is 0.0338. The summed E-state index contributed by atoms with van der Waals surface area (Å²) in [5.41, 5.74) is -3.34. The predicted octanol–water partition coefficient (Wildman–Crippen LogP) is 7.61. The Bertz CT molecular complexity index is 1120. The molecule has 0 aliphatic heterocycles. The largest absolute Gasteiger partial charge is 4.00 e. The molecule has 0 fully saturated rings. The van der Waals surface area contributed by atoms with E-state index in [1.807, 2.05) is 0 Å². The van der Waals surface area contributed by atoms with Gasteiger partial charge in [-0.15, -0.1) is 0 Å². The van der Waals surface area contributed by atoms with Gasteiger partial charge in [-0.3, -0.25) is 0 Å². The first-order valence-electron chi connectivity index (χ1n) is 28.5. The van der Waals surface area contributed by atoms with E-state index in [1.165, 1.54) is 38.5 Å². The molecule has 0 aliphatic carbocycles. The van der Waals surface area contributed by atoms with Crippen LogP contribution in [0.3, 0.4) is 0 Å². The van der Waals surface area contributed by atoms with Crippen molar-refractivity contribution in [3.63, 3.8) is 0 Å². The topological polar surface area (TPSA) is 260 Å². The van der Waals surface area contributed by atoms with E-state index < -0.39 is 47.3 Å². The van der Waals surface area contributed by atoms with Gasteiger partial charge in [0.1, 0.15) is 11.2 Å². The van der Waals surface area contributed by atoms with Gasteiger partial charge in [0.05, 0.1) is 36.1 Å². The number of aliphatic carboxylic acids is 4. The van der Waals surface area contributed by atoms with Crippen LogP contribution < -0.4 is 20.4 Å². The van der Waals surface area contributed by atoms with Crippen molar-refractivity contribution in [1.82, 2.24) is 0 Å². The summed E-state index contributed by atoms with van der Waals surface area (Å²) in [5.74, 6) is -5.42. The van der Waals surface area contributed by atoms with Gasteiger partial charge in [0.2, 0.25) is 0 Å². The number of unbranched alkanes of at least 4 members (excludes halogenated alkanes) is 30. The van der Waals surface area contributed by atoms with Gasteiger partial charge in [0, 0.05) is 26.4 Å².